The van der Waals surface area contributed by atoms with Crippen molar-refractivity contribution < 1.29 is 14.3 Å². The molecule has 0 fully saturated rings. The van der Waals surface area contributed by atoms with Gasteiger partial charge in [-0.2, -0.15) is 5.10 Å². The third kappa shape index (κ3) is 4.32. The van der Waals surface area contributed by atoms with E-state index >= 15 is 0 Å². The molecule has 2 N–H and O–H groups in total. The van der Waals surface area contributed by atoms with Crippen molar-refractivity contribution in [2.45, 2.75) is 6.10 Å². The maximum absolute atomic E-state index is 11.9. The molecule has 26 heavy (non-hydrogen) atoms. The number of benzene rings is 2. The second-order valence-corrected chi connectivity index (χ2v) is 6.22. The molecular formula is C19H14Cl2N2O3. The van der Waals surface area contributed by atoms with Gasteiger partial charge in [-0.1, -0.05) is 53.5 Å². The van der Waals surface area contributed by atoms with Crippen molar-refractivity contribution in [2.24, 2.45) is 5.10 Å². The summed E-state index contributed by atoms with van der Waals surface area (Å²) in [5.41, 5.74) is 3.41. The van der Waals surface area contributed by atoms with Gasteiger partial charge in [0.25, 0.3) is 5.91 Å². The van der Waals surface area contributed by atoms with Crippen LogP contribution in [0.25, 0.3) is 11.3 Å². The fourth-order valence-electron chi connectivity index (χ4n) is 2.26. The maximum atomic E-state index is 11.9. The molecular weight excluding hydrogens is 375 g/mol. The van der Waals surface area contributed by atoms with Crippen LogP contribution in [0.15, 0.2) is 70.2 Å². The summed E-state index contributed by atoms with van der Waals surface area (Å²) in [7, 11) is 0. The quantitative estimate of drug-likeness (QED) is 0.501. The molecule has 132 valence electrons. The largest absolute Gasteiger partial charge is 0.455 e. The predicted octanol–water partition coefficient (Wildman–Crippen LogP) is 4.44. The Labute approximate surface area is 159 Å². The summed E-state index contributed by atoms with van der Waals surface area (Å²) in [4.78, 5) is 11.9. The molecule has 3 rings (SSSR count). The third-order valence-corrected chi connectivity index (χ3v) is 4.12. The van der Waals surface area contributed by atoms with Gasteiger partial charge in [0.1, 0.15) is 11.5 Å². The molecule has 0 aliphatic heterocycles. The number of hydrogen-bond acceptors (Lipinski definition) is 4. The molecule has 0 spiro atoms. The number of halogens is 2. The SMILES string of the molecule is O=C(N/N=C\c1ccc(-c2cc(Cl)ccc2Cl)o1)[C@H](O)c1ccccc1. The highest BCUT2D eigenvalue weighted by molar-refractivity contribution is 6.35. The Kier molecular flexibility index (Phi) is 5.73. The summed E-state index contributed by atoms with van der Waals surface area (Å²) in [5.74, 6) is 0.289. The summed E-state index contributed by atoms with van der Waals surface area (Å²) >= 11 is 12.1. The minimum absolute atomic E-state index is 0.408. The Bertz CT molecular complexity index is 939. The summed E-state index contributed by atoms with van der Waals surface area (Å²) in [5, 5.41) is 14.8. The van der Waals surface area contributed by atoms with E-state index in [1.165, 1.54) is 6.21 Å². The van der Waals surface area contributed by atoms with Gasteiger partial charge in [-0.05, 0) is 35.9 Å². The number of carbonyl (C=O) groups is 1. The molecule has 0 saturated carbocycles. The second kappa shape index (κ2) is 8.19. The molecule has 0 aliphatic rings. The number of nitrogens with one attached hydrogen (secondary N) is 1. The van der Waals surface area contributed by atoms with Crippen molar-refractivity contribution in [3.8, 4) is 11.3 Å². The van der Waals surface area contributed by atoms with E-state index in [1.54, 1.807) is 60.7 Å². The smallest absolute Gasteiger partial charge is 0.273 e. The Hall–Kier alpha value is -2.60. The van der Waals surface area contributed by atoms with Crippen molar-refractivity contribution in [3.05, 3.63) is 82.0 Å². The average Bonchev–Trinajstić information content (AvgIpc) is 3.12. The molecule has 5 nitrogen and oxygen atoms in total. The highest BCUT2D eigenvalue weighted by Crippen LogP contribution is 2.31. The van der Waals surface area contributed by atoms with Gasteiger partial charge in [0.15, 0.2) is 6.10 Å². The molecule has 0 radical (unpaired) electrons. The molecule has 2 aromatic carbocycles. The first-order valence-corrected chi connectivity index (χ1v) is 8.41. The summed E-state index contributed by atoms with van der Waals surface area (Å²) < 4.78 is 5.63. The lowest BCUT2D eigenvalue weighted by Crippen LogP contribution is -2.25. The molecule has 1 amide bonds. The fourth-order valence-corrected chi connectivity index (χ4v) is 2.64. The summed E-state index contributed by atoms with van der Waals surface area (Å²) in [6.07, 6.45) is 0.0307. The van der Waals surface area contributed by atoms with Gasteiger partial charge in [0.05, 0.1) is 11.2 Å². The zero-order valence-electron chi connectivity index (χ0n) is 13.4. The van der Waals surface area contributed by atoms with E-state index < -0.39 is 12.0 Å². The van der Waals surface area contributed by atoms with Crippen LogP contribution in [-0.4, -0.2) is 17.2 Å². The minimum Gasteiger partial charge on any atom is -0.455 e. The Morgan fingerprint density at radius 1 is 1.12 bits per heavy atom. The van der Waals surface area contributed by atoms with Crippen molar-refractivity contribution in [1.82, 2.24) is 5.43 Å². The highest BCUT2D eigenvalue weighted by Gasteiger charge is 2.16. The Morgan fingerprint density at radius 3 is 2.65 bits per heavy atom. The van der Waals surface area contributed by atoms with Crippen molar-refractivity contribution in [2.75, 3.05) is 0 Å². The molecule has 3 aromatic rings. The fraction of sp³-hybridized carbons (Fsp3) is 0.0526. The lowest BCUT2D eigenvalue weighted by Gasteiger charge is -2.08. The first-order valence-electron chi connectivity index (χ1n) is 7.66. The van der Waals surface area contributed by atoms with Crippen LogP contribution >= 0.6 is 23.2 Å². The zero-order chi connectivity index (χ0) is 18.5. The first kappa shape index (κ1) is 18.2. The van der Waals surface area contributed by atoms with E-state index in [0.717, 1.165) is 0 Å². The minimum atomic E-state index is -1.30. The molecule has 1 heterocycles. The Balaban J connectivity index is 1.66. The number of aliphatic hydroxyl groups is 1. The van der Waals surface area contributed by atoms with E-state index in [9.17, 15) is 9.90 Å². The number of nitrogens with zero attached hydrogens (tertiary/aromatic N) is 1. The molecule has 1 aromatic heterocycles. The normalized spacial score (nSPS) is 12.3. The number of hydrogen-bond donors (Lipinski definition) is 2. The lowest BCUT2D eigenvalue weighted by molar-refractivity contribution is -0.129. The van der Waals surface area contributed by atoms with Crippen LogP contribution in [0.2, 0.25) is 10.0 Å². The Morgan fingerprint density at radius 2 is 1.88 bits per heavy atom. The van der Waals surface area contributed by atoms with Gasteiger partial charge in [-0.25, -0.2) is 5.43 Å². The monoisotopic (exact) mass is 388 g/mol. The number of rotatable bonds is 5. The van der Waals surface area contributed by atoms with E-state index in [2.05, 4.69) is 10.5 Å². The maximum Gasteiger partial charge on any atom is 0.273 e. The third-order valence-electron chi connectivity index (χ3n) is 3.55. The number of aliphatic hydroxyl groups excluding tert-OH is 1. The lowest BCUT2D eigenvalue weighted by atomic mass is 10.1. The number of carbonyl (C=O) groups excluding carboxylic acids is 1. The summed E-state index contributed by atoms with van der Waals surface area (Å²) in [6.45, 7) is 0. The average molecular weight is 389 g/mol. The molecule has 0 saturated heterocycles. The van der Waals surface area contributed by atoms with Crippen LogP contribution in [-0.2, 0) is 4.79 Å². The van der Waals surface area contributed by atoms with Gasteiger partial charge in [0, 0.05) is 10.6 Å². The number of hydrazone groups is 1. The van der Waals surface area contributed by atoms with Crippen LogP contribution < -0.4 is 5.43 Å². The van der Waals surface area contributed by atoms with Gasteiger partial charge in [0.2, 0.25) is 0 Å². The van der Waals surface area contributed by atoms with Crippen LogP contribution in [0, 0.1) is 0 Å². The zero-order valence-corrected chi connectivity index (χ0v) is 14.9. The molecule has 0 unspecified atom stereocenters. The van der Waals surface area contributed by atoms with Gasteiger partial charge in [-0.3, -0.25) is 4.79 Å². The van der Waals surface area contributed by atoms with Crippen molar-refractivity contribution in [1.29, 1.82) is 0 Å². The van der Waals surface area contributed by atoms with Gasteiger partial charge >= 0.3 is 0 Å². The van der Waals surface area contributed by atoms with E-state index in [-0.39, 0.29) is 0 Å². The van der Waals surface area contributed by atoms with E-state index in [0.29, 0.717) is 32.7 Å². The molecule has 7 heteroatoms. The number of furan rings is 1. The summed E-state index contributed by atoms with van der Waals surface area (Å²) in [6, 6.07) is 17.0. The second-order valence-electron chi connectivity index (χ2n) is 5.37. The standard InChI is InChI=1S/C19H14Cl2N2O3/c20-13-6-8-16(21)15(10-13)17-9-7-14(26-17)11-22-23-19(25)18(24)12-4-2-1-3-5-12/h1-11,18,24H,(H,23,25)/b22-11-/t18-/m1/s1. The van der Waals surface area contributed by atoms with E-state index in [1.807, 2.05) is 0 Å². The van der Waals surface area contributed by atoms with E-state index in [4.69, 9.17) is 27.6 Å². The highest BCUT2D eigenvalue weighted by atomic mass is 35.5. The molecule has 0 bridgehead atoms. The van der Waals surface area contributed by atoms with Crippen molar-refractivity contribution in [3.63, 3.8) is 0 Å². The topological polar surface area (TPSA) is 74.8 Å². The van der Waals surface area contributed by atoms with Crippen LogP contribution in [0.5, 0.6) is 0 Å². The van der Waals surface area contributed by atoms with Gasteiger partial charge < -0.3 is 9.52 Å². The van der Waals surface area contributed by atoms with Gasteiger partial charge in [-0.15, -0.1) is 0 Å². The predicted molar refractivity (Wildman–Crippen MR) is 101 cm³/mol. The number of amides is 1. The molecule has 0 aliphatic carbocycles. The van der Waals surface area contributed by atoms with Crippen molar-refractivity contribution >= 4 is 35.3 Å². The van der Waals surface area contributed by atoms with Crippen LogP contribution in [0.3, 0.4) is 0 Å². The van der Waals surface area contributed by atoms with Crippen LogP contribution in [0.4, 0.5) is 0 Å². The first-order chi connectivity index (χ1) is 12.5. The molecule has 1 atom stereocenters. The van der Waals surface area contributed by atoms with Crippen LogP contribution in [0.1, 0.15) is 17.4 Å².